The van der Waals surface area contributed by atoms with E-state index < -0.39 is 10.8 Å². The topological polar surface area (TPSA) is 37.3 Å². The van der Waals surface area contributed by atoms with Gasteiger partial charge in [-0.05, 0) is 18.1 Å². The van der Waals surface area contributed by atoms with E-state index in [2.05, 4.69) is 31.9 Å². The molecule has 2 atom stereocenters. The van der Waals surface area contributed by atoms with Gasteiger partial charge < -0.3 is 5.11 Å². The fourth-order valence-electron chi connectivity index (χ4n) is 1.18. The summed E-state index contributed by atoms with van der Waals surface area (Å²) in [6.07, 6.45) is 0. The highest BCUT2D eigenvalue weighted by Gasteiger charge is 2.25. The van der Waals surface area contributed by atoms with Crippen LogP contribution >= 0.6 is 31.9 Å². The Morgan fingerprint density at radius 1 is 1.36 bits per heavy atom. The molecule has 0 aromatic heterocycles. The van der Waals surface area contributed by atoms with Gasteiger partial charge in [-0.3, -0.25) is 4.79 Å². The third-order valence-corrected chi connectivity index (χ3v) is 4.63. The van der Waals surface area contributed by atoms with Gasteiger partial charge in [0, 0.05) is 0 Å². The van der Waals surface area contributed by atoms with Crippen molar-refractivity contribution in [2.45, 2.75) is 16.6 Å². The predicted octanol–water partition coefficient (Wildman–Crippen LogP) is 3.28. The minimum absolute atomic E-state index is 0.207. The molecule has 14 heavy (non-hydrogen) atoms. The van der Waals surface area contributed by atoms with Crippen molar-refractivity contribution in [1.82, 2.24) is 0 Å². The van der Waals surface area contributed by atoms with E-state index in [1.54, 1.807) is 0 Å². The van der Waals surface area contributed by atoms with E-state index in [1.807, 2.05) is 31.2 Å². The molecule has 0 aliphatic rings. The second kappa shape index (κ2) is 4.94. The first-order chi connectivity index (χ1) is 6.54. The molecule has 0 bridgehead atoms. The van der Waals surface area contributed by atoms with Crippen LogP contribution in [0.25, 0.3) is 0 Å². The molecule has 0 radical (unpaired) electrons. The van der Waals surface area contributed by atoms with Crippen LogP contribution in [0.4, 0.5) is 0 Å². The van der Waals surface area contributed by atoms with Gasteiger partial charge in [-0.2, -0.15) is 0 Å². The fraction of sp³-hybridized carbons (Fsp3) is 0.300. The van der Waals surface area contributed by atoms with E-state index in [0.29, 0.717) is 0 Å². The molecule has 0 spiro atoms. The fourth-order valence-corrected chi connectivity index (χ4v) is 2.20. The standard InChI is InChI=1S/C10H10Br2O2/c1-6-4-2-3-5-7(6)8(11)9(12)10(13)14/h2-5,8-9H,1H3,(H,13,14)/t8-,9-/m1/s1. The summed E-state index contributed by atoms with van der Waals surface area (Å²) >= 11 is 6.51. The maximum Gasteiger partial charge on any atom is 0.318 e. The van der Waals surface area contributed by atoms with Crippen LogP contribution in [0.5, 0.6) is 0 Å². The van der Waals surface area contributed by atoms with Crippen molar-refractivity contribution in [2.24, 2.45) is 0 Å². The molecule has 0 aliphatic heterocycles. The third kappa shape index (κ3) is 2.58. The summed E-state index contributed by atoms with van der Waals surface area (Å²) in [5, 5.41) is 8.83. The van der Waals surface area contributed by atoms with E-state index >= 15 is 0 Å². The second-order valence-corrected chi connectivity index (χ2v) is 4.97. The monoisotopic (exact) mass is 320 g/mol. The molecule has 1 aromatic rings. The third-order valence-electron chi connectivity index (χ3n) is 1.98. The van der Waals surface area contributed by atoms with Crippen LogP contribution in [0.3, 0.4) is 0 Å². The summed E-state index contributed by atoms with van der Waals surface area (Å²) in [7, 11) is 0. The summed E-state index contributed by atoms with van der Waals surface area (Å²) in [5.74, 6) is -0.866. The van der Waals surface area contributed by atoms with Crippen molar-refractivity contribution in [3.63, 3.8) is 0 Å². The molecule has 0 unspecified atom stereocenters. The first-order valence-corrected chi connectivity index (χ1v) is 5.93. The zero-order chi connectivity index (χ0) is 10.7. The average molecular weight is 322 g/mol. The minimum atomic E-state index is -0.866. The van der Waals surface area contributed by atoms with Crippen LogP contribution in [-0.2, 0) is 4.79 Å². The molecule has 0 fully saturated rings. The van der Waals surface area contributed by atoms with Crippen molar-refractivity contribution in [2.75, 3.05) is 0 Å². The lowest BCUT2D eigenvalue weighted by atomic mass is 10.0. The van der Waals surface area contributed by atoms with Crippen molar-refractivity contribution in [1.29, 1.82) is 0 Å². The van der Waals surface area contributed by atoms with E-state index in [1.165, 1.54) is 0 Å². The average Bonchev–Trinajstić information content (AvgIpc) is 2.16. The molecule has 0 saturated carbocycles. The molecule has 4 heteroatoms. The molecule has 2 nitrogen and oxygen atoms in total. The SMILES string of the molecule is Cc1ccccc1[C@@H](Br)[C@@H](Br)C(=O)O. The molecule has 0 saturated heterocycles. The number of aliphatic carboxylic acids is 1. The Morgan fingerprint density at radius 3 is 2.43 bits per heavy atom. The smallest absolute Gasteiger partial charge is 0.318 e. The lowest BCUT2D eigenvalue weighted by Crippen LogP contribution is -2.18. The molecular weight excluding hydrogens is 312 g/mol. The van der Waals surface area contributed by atoms with Gasteiger partial charge in [0.15, 0.2) is 0 Å². The van der Waals surface area contributed by atoms with Gasteiger partial charge in [0.2, 0.25) is 0 Å². The van der Waals surface area contributed by atoms with Crippen LogP contribution in [0.1, 0.15) is 16.0 Å². The Labute approximate surface area is 99.6 Å². The Balaban J connectivity index is 2.94. The van der Waals surface area contributed by atoms with Crippen LogP contribution in [0.2, 0.25) is 0 Å². The maximum absolute atomic E-state index is 10.7. The Kier molecular flexibility index (Phi) is 4.13. The van der Waals surface area contributed by atoms with Crippen LogP contribution in [-0.4, -0.2) is 15.9 Å². The van der Waals surface area contributed by atoms with E-state index in [-0.39, 0.29) is 4.83 Å². The Hall–Kier alpha value is -0.350. The molecule has 1 aromatic carbocycles. The zero-order valence-electron chi connectivity index (χ0n) is 7.58. The summed E-state index contributed by atoms with van der Waals surface area (Å²) in [5.41, 5.74) is 2.08. The molecule has 0 amide bonds. The number of benzene rings is 1. The number of alkyl halides is 2. The molecule has 1 N–H and O–H groups in total. The maximum atomic E-state index is 10.7. The van der Waals surface area contributed by atoms with Gasteiger partial charge in [0.1, 0.15) is 4.83 Å². The van der Waals surface area contributed by atoms with Gasteiger partial charge in [-0.15, -0.1) is 0 Å². The minimum Gasteiger partial charge on any atom is -0.480 e. The molecule has 76 valence electrons. The molecule has 0 aliphatic carbocycles. The van der Waals surface area contributed by atoms with Gasteiger partial charge in [-0.1, -0.05) is 56.1 Å². The number of aryl methyl sites for hydroxylation is 1. The van der Waals surface area contributed by atoms with Crippen molar-refractivity contribution < 1.29 is 9.90 Å². The lowest BCUT2D eigenvalue weighted by Gasteiger charge is -2.15. The Bertz CT molecular complexity index is 339. The van der Waals surface area contributed by atoms with E-state index in [9.17, 15) is 4.79 Å². The summed E-state index contributed by atoms with van der Waals surface area (Å²) in [6, 6.07) is 7.72. The number of carbonyl (C=O) groups is 1. The summed E-state index contributed by atoms with van der Waals surface area (Å²) in [6.45, 7) is 1.96. The first-order valence-electron chi connectivity index (χ1n) is 4.10. The molecule has 0 heterocycles. The summed E-state index contributed by atoms with van der Waals surface area (Å²) < 4.78 is 0. The predicted molar refractivity (Wildman–Crippen MR) is 63.2 cm³/mol. The van der Waals surface area contributed by atoms with Crippen molar-refractivity contribution in [3.8, 4) is 0 Å². The highest BCUT2D eigenvalue weighted by Crippen LogP contribution is 2.33. The highest BCUT2D eigenvalue weighted by molar-refractivity contribution is 9.12. The zero-order valence-corrected chi connectivity index (χ0v) is 10.7. The summed E-state index contributed by atoms with van der Waals surface area (Å²) in [4.78, 5) is 9.93. The van der Waals surface area contributed by atoms with Crippen LogP contribution in [0.15, 0.2) is 24.3 Å². The van der Waals surface area contributed by atoms with Gasteiger partial charge in [0.25, 0.3) is 0 Å². The second-order valence-electron chi connectivity index (χ2n) is 3.00. The van der Waals surface area contributed by atoms with E-state index in [0.717, 1.165) is 11.1 Å². The normalized spacial score (nSPS) is 14.8. The van der Waals surface area contributed by atoms with Gasteiger partial charge in [-0.25, -0.2) is 0 Å². The quantitative estimate of drug-likeness (QED) is 0.867. The first kappa shape index (κ1) is 11.7. The number of rotatable bonds is 3. The number of hydrogen-bond donors (Lipinski definition) is 1. The Morgan fingerprint density at radius 2 is 1.93 bits per heavy atom. The van der Waals surface area contributed by atoms with Crippen LogP contribution in [0, 0.1) is 6.92 Å². The van der Waals surface area contributed by atoms with Gasteiger partial charge >= 0.3 is 5.97 Å². The van der Waals surface area contributed by atoms with E-state index in [4.69, 9.17) is 5.11 Å². The molecule has 1 rings (SSSR count). The molecular formula is C10H10Br2O2. The van der Waals surface area contributed by atoms with Crippen molar-refractivity contribution >= 4 is 37.8 Å². The number of carboxylic acid groups (broad SMARTS) is 1. The number of halogens is 2. The number of hydrogen-bond acceptors (Lipinski definition) is 1. The largest absolute Gasteiger partial charge is 0.480 e. The van der Waals surface area contributed by atoms with Gasteiger partial charge in [0.05, 0.1) is 4.83 Å². The van der Waals surface area contributed by atoms with Crippen molar-refractivity contribution in [3.05, 3.63) is 35.4 Å². The lowest BCUT2D eigenvalue weighted by molar-refractivity contribution is -0.136. The highest BCUT2D eigenvalue weighted by atomic mass is 79.9. The van der Waals surface area contributed by atoms with Crippen LogP contribution < -0.4 is 0 Å². The number of carboxylic acids is 1.